The molecule has 0 spiro atoms. The van der Waals surface area contributed by atoms with Crippen molar-refractivity contribution in [2.24, 2.45) is 0 Å². The third-order valence-corrected chi connectivity index (χ3v) is 2.65. The molecule has 2 rings (SSSR count). The van der Waals surface area contributed by atoms with E-state index in [0.717, 1.165) is 5.56 Å². The Hall–Kier alpha value is -2.30. The van der Waals surface area contributed by atoms with Gasteiger partial charge in [-0.1, -0.05) is 6.92 Å². The van der Waals surface area contributed by atoms with Gasteiger partial charge in [-0.15, -0.1) is 0 Å². The van der Waals surface area contributed by atoms with Crippen LogP contribution in [-0.2, 0) is 4.79 Å². The van der Waals surface area contributed by atoms with E-state index < -0.39 is 11.9 Å². The Balaban J connectivity index is 2.39. The van der Waals surface area contributed by atoms with Gasteiger partial charge in [0.1, 0.15) is 11.7 Å². The van der Waals surface area contributed by atoms with Gasteiger partial charge in [0.2, 0.25) is 0 Å². The van der Waals surface area contributed by atoms with Gasteiger partial charge in [-0.2, -0.15) is 0 Å². The summed E-state index contributed by atoms with van der Waals surface area (Å²) in [6.07, 6.45) is 5.41. The summed E-state index contributed by atoms with van der Waals surface area (Å²) in [4.78, 5) is 23.4. The van der Waals surface area contributed by atoms with E-state index in [4.69, 9.17) is 5.11 Å². The Morgan fingerprint density at radius 1 is 1.39 bits per heavy atom. The maximum Gasteiger partial charge on any atom is 0.314 e. The Labute approximate surface area is 105 Å². The fourth-order valence-corrected chi connectivity index (χ4v) is 1.68. The van der Waals surface area contributed by atoms with Gasteiger partial charge in [0.15, 0.2) is 0 Å². The van der Waals surface area contributed by atoms with Crippen LogP contribution in [-0.4, -0.2) is 26.0 Å². The van der Waals surface area contributed by atoms with E-state index in [-0.39, 0.29) is 0 Å². The summed E-state index contributed by atoms with van der Waals surface area (Å²) in [6, 6.07) is 5.43. The molecule has 18 heavy (non-hydrogen) atoms. The minimum atomic E-state index is -0.902. The van der Waals surface area contributed by atoms with Gasteiger partial charge in [0.25, 0.3) is 0 Å². The first kappa shape index (κ1) is 12.2. The first-order chi connectivity index (χ1) is 8.72. The van der Waals surface area contributed by atoms with E-state index in [2.05, 4.69) is 15.0 Å². The predicted molar refractivity (Wildman–Crippen MR) is 65.9 cm³/mol. The summed E-state index contributed by atoms with van der Waals surface area (Å²) < 4.78 is 0. The first-order valence-electron chi connectivity index (χ1n) is 5.68. The normalized spacial score (nSPS) is 12.1. The van der Waals surface area contributed by atoms with E-state index in [1.807, 2.05) is 12.1 Å². The fourth-order valence-electron chi connectivity index (χ4n) is 1.68. The van der Waals surface area contributed by atoms with Crippen molar-refractivity contribution < 1.29 is 9.90 Å². The summed E-state index contributed by atoms with van der Waals surface area (Å²) >= 11 is 0. The van der Waals surface area contributed by atoms with Crippen molar-refractivity contribution in [2.45, 2.75) is 19.3 Å². The van der Waals surface area contributed by atoms with E-state index in [1.165, 1.54) is 0 Å². The van der Waals surface area contributed by atoms with Crippen molar-refractivity contribution in [1.82, 2.24) is 15.0 Å². The number of aromatic nitrogens is 3. The van der Waals surface area contributed by atoms with Gasteiger partial charge in [-0.3, -0.25) is 9.78 Å². The topological polar surface area (TPSA) is 76.0 Å². The number of pyridine rings is 1. The third-order valence-electron chi connectivity index (χ3n) is 2.65. The van der Waals surface area contributed by atoms with Crippen LogP contribution in [0.1, 0.15) is 25.1 Å². The number of hydrogen-bond donors (Lipinski definition) is 1. The fraction of sp³-hybridized carbons (Fsp3) is 0.231. The molecule has 0 aliphatic carbocycles. The molecule has 0 saturated heterocycles. The van der Waals surface area contributed by atoms with E-state index >= 15 is 0 Å². The van der Waals surface area contributed by atoms with Crippen LogP contribution in [0.25, 0.3) is 11.3 Å². The molecule has 0 aliphatic rings. The van der Waals surface area contributed by atoms with Gasteiger partial charge < -0.3 is 5.11 Å². The monoisotopic (exact) mass is 243 g/mol. The van der Waals surface area contributed by atoms with E-state index in [9.17, 15) is 4.79 Å². The smallest absolute Gasteiger partial charge is 0.314 e. The molecule has 2 aromatic rings. The molecule has 0 fully saturated rings. The van der Waals surface area contributed by atoms with Gasteiger partial charge >= 0.3 is 5.97 Å². The Bertz CT molecular complexity index is 543. The summed E-state index contributed by atoms with van der Waals surface area (Å²) in [7, 11) is 0. The van der Waals surface area contributed by atoms with E-state index in [1.54, 1.807) is 31.6 Å². The third kappa shape index (κ3) is 2.51. The highest BCUT2D eigenvalue weighted by atomic mass is 16.4. The summed E-state index contributed by atoms with van der Waals surface area (Å²) in [5.74, 6) is -1.23. The minimum Gasteiger partial charge on any atom is -0.481 e. The molecular formula is C13H13N3O2. The zero-order valence-corrected chi connectivity index (χ0v) is 9.95. The zero-order chi connectivity index (χ0) is 13.0. The molecule has 2 heterocycles. The Morgan fingerprint density at radius 2 is 2.22 bits per heavy atom. The highest BCUT2D eigenvalue weighted by Crippen LogP contribution is 2.20. The number of aliphatic carboxylic acids is 1. The second kappa shape index (κ2) is 5.35. The molecule has 0 radical (unpaired) electrons. The zero-order valence-electron chi connectivity index (χ0n) is 9.95. The lowest BCUT2D eigenvalue weighted by atomic mass is 10.1. The highest BCUT2D eigenvalue weighted by Gasteiger charge is 2.20. The Morgan fingerprint density at radius 3 is 2.83 bits per heavy atom. The molecule has 1 N–H and O–H groups in total. The molecule has 92 valence electrons. The van der Waals surface area contributed by atoms with Gasteiger partial charge in [-0.25, -0.2) is 9.97 Å². The molecule has 5 nitrogen and oxygen atoms in total. The molecule has 0 aromatic carbocycles. The first-order valence-corrected chi connectivity index (χ1v) is 5.68. The standard InChI is InChI=1S/C13H13N3O2/c1-2-10(13(17)18)12-15-7-5-11(16-12)9-4-3-6-14-8-9/h3-8,10H,2H2,1H3,(H,17,18). The lowest BCUT2D eigenvalue weighted by Crippen LogP contribution is -2.14. The van der Waals surface area contributed by atoms with Crippen LogP contribution in [0.5, 0.6) is 0 Å². The van der Waals surface area contributed by atoms with Crippen molar-refractivity contribution >= 4 is 5.97 Å². The van der Waals surface area contributed by atoms with Crippen molar-refractivity contribution in [1.29, 1.82) is 0 Å². The summed E-state index contributed by atoms with van der Waals surface area (Å²) in [6.45, 7) is 1.80. The minimum absolute atomic E-state index is 0.339. The highest BCUT2D eigenvalue weighted by molar-refractivity contribution is 5.75. The van der Waals surface area contributed by atoms with Crippen molar-refractivity contribution in [3.63, 3.8) is 0 Å². The molecule has 5 heteroatoms. The number of carbonyl (C=O) groups is 1. The molecule has 0 saturated carbocycles. The molecule has 1 atom stereocenters. The lowest BCUT2D eigenvalue weighted by Gasteiger charge is -2.09. The maximum absolute atomic E-state index is 11.1. The number of hydrogen-bond acceptors (Lipinski definition) is 4. The molecule has 0 aliphatic heterocycles. The molecular weight excluding hydrogens is 230 g/mol. The average Bonchev–Trinajstić information content (AvgIpc) is 2.40. The van der Waals surface area contributed by atoms with Crippen LogP contribution in [0.15, 0.2) is 36.8 Å². The quantitative estimate of drug-likeness (QED) is 0.890. The SMILES string of the molecule is CCC(C(=O)O)c1nccc(-c2cccnc2)n1. The van der Waals surface area contributed by atoms with Crippen LogP contribution in [0.2, 0.25) is 0 Å². The largest absolute Gasteiger partial charge is 0.481 e. The maximum atomic E-state index is 11.1. The predicted octanol–water partition coefficient (Wildman–Crippen LogP) is 2.12. The molecule has 0 amide bonds. The number of rotatable bonds is 4. The van der Waals surface area contributed by atoms with Crippen LogP contribution in [0.3, 0.4) is 0 Å². The van der Waals surface area contributed by atoms with Crippen LogP contribution < -0.4 is 0 Å². The molecule has 0 bridgehead atoms. The second-order valence-electron chi connectivity index (χ2n) is 3.84. The second-order valence-corrected chi connectivity index (χ2v) is 3.84. The van der Waals surface area contributed by atoms with Crippen LogP contribution in [0.4, 0.5) is 0 Å². The van der Waals surface area contributed by atoms with Crippen molar-refractivity contribution in [2.75, 3.05) is 0 Å². The molecule has 2 aromatic heterocycles. The van der Waals surface area contributed by atoms with Crippen molar-refractivity contribution in [3.05, 3.63) is 42.6 Å². The average molecular weight is 243 g/mol. The van der Waals surface area contributed by atoms with Gasteiger partial charge in [0, 0.05) is 24.2 Å². The Kier molecular flexibility index (Phi) is 3.62. The summed E-state index contributed by atoms with van der Waals surface area (Å²) in [5, 5.41) is 9.10. The number of nitrogens with zero attached hydrogens (tertiary/aromatic N) is 3. The number of carboxylic acid groups (broad SMARTS) is 1. The van der Waals surface area contributed by atoms with Crippen molar-refractivity contribution in [3.8, 4) is 11.3 Å². The number of carboxylic acids is 1. The summed E-state index contributed by atoms with van der Waals surface area (Å²) in [5.41, 5.74) is 1.54. The van der Waals surface area contributed by atoms with Gasteiger partial charge in [0.05, 0.1) is 5.69 Å². The molecule has 1 unspecified atom stereocenters. The van der Waals surface area contributed by atoms with Gasteiger partial charge in [-0.05, 0) is 24.6 Å². The van der Waals surface area contributed by atoms with Crippen LogP contribution >= 0.6 is 0 Å². The van der Waals surface area contributed by atoms with Crippen LogP contribution in [0, 0.1) is 0 Å². The lowest BCUT2D eigenvalue weighted by molar-refractivity contribution is -0.139. The van der Waals surface area contributed by atoms with E-state index in [0.29, 0.717) is 17.9 Å².